The van der Waals surface area contributed by atoms with E-state index in [1.54, 1.807) is 36.4 Å². The van der Waals surface area contributed by atoms with E-state index in [1.165, 1.54) is 7.11 Å². The van der Waals surface area contributed by atoms with E-state index in [-0.39, 0.29) is 5.82 Å². The van der Waals surface area contributed by atoms with Gasteiger partial charge in [0.15, 0.2) is 0 Å². The lowest BCUT2D eigenvalue weighted by Crippen LogP contribution is -1.91. The molecule has 17 heavy (non-hydrogen) atoms. The van der Waals surface area contributed by atoms with Gasteiger partial charge in [0.1, 0.15) is 11.6 Å². The van der Waals surface area contributed by atoms with E-state index in [2.05, 4.69) is 15.9 Å². The fraction of sp³-hybridized carbons (Fsp3) is 0.0769. The van der Waals surface area contributed by atoms with Gasteiger partial charge in [-0.3, -0.25) is 0 Å². The fourth-order valence-corrected chi connectivity index (χ4v) is 2.13. The van der Waals surface area contributed by atoms with Crippen molar-refractivity contribution in [1.82, 2.24) is 0 Å². The summed E-state index contributed by atoms with van der Waals surface area (Å²) in [6.45, 7) is 0. The second-order valence-electron chi connectivity index (χ2n) is 3.45. The summed E-state index contributed by atoms with van der Waals surface area (Å²) in [6.07, 6.45) is 0. The van der Waals surface area contributed by atoms with Crippen molar-refractivity contribution in [2.45, 2.75) is 0 Å². The lowest BCUT2D eigenvalue weighted by molar-refractivity contribution is 0.416. The van der Waals surface area contributed by atoms with Gasteiger partial charge in [0.25, 0.3) is 0 Å². The third kappa shape index (κ3) is 2.45. The van der Waals surface area contributed by atoms with Gasteiger partial charge in [-0.2, -0.15) is 0 Å². The maximum absolute atomic E-state index is 14.0. The first-order valence-electron chi connectivity index (χ1n) is 4.91. The van der Waals surface area contributed by atoms with Crippen molar-refractivity contribution < 1.29 is 9.13 Å². The molecule has 2 aromatic rings. The molecule has 0 unspecified atom stereocenters. The van der Waals surface area contributed by atoms with Crippen LogP contribution in [0.3, 0.4) is 0 Å². The zero-order chi connectivity index (χ0) is 12.4. The summed E-state index contributed by atoms with van der Waals surface area (Å²) >= 11 is 9.03. The number of hydrogen-bond acceptors (Lipinski definition) is 1. The van der Waals surface area contributed by atoms with Crippen LogP contribution in [0.2, 0.25) is 5.02 Å². The van der Waals surface area contributed by atoms with Crippen LogP contribution in [0.4, 0.5) is 4.39 Å². The SMILES string of the molecule is COc1cc(Cl)ccc1-c1cccc(Br)c1F. The van der Waals surface area contributed by atoms with Crippen LogP contribution in [0.25, 0.3) is 11.1 Å². The minimum absolute atomic E-state index is 0.312. The molecule has 2 rings (SSSR count). The van der Waals surface area contributed by atoms with Crippen molar-refractivity contribution in [1.29, 1.82) is 0 Å². The van der Waals surface area contributed by atoms with Crippen molar-refractivity contribution in [3.05, 3.63) is 51.7 Å². The molecule has 88 valence electrons. The highest BCUT2D eigenvalue weighted by atomic mass is 79.9. The minimum atomic E-state index is -0.312. The van der Waals surface area contributed by atoms with Gasteiger partial charge in [-0.05, 0) is 40.2 Å². The number of methoxy groups -OCH3 is 1. The lowest BCUT2D eigenvalue weighted by Gasteiger charge is -2.10. The highest BCUT2D eigenvalue weighted by Gasteiger charge is 2.12. The Kier molecular flexibility index (Phi) is 3.69. The van der Waals surface area contributed by atoms with Crippen LogP contribution in [-0.2, 0) is 0 Å². The topological polar surface area (TPSA) is 9.23 Å². The first kappa shape index (κ1) is 12.4. The average Bonchev–Trinajstić information content (AvgIpc) is 2.33. The van der Waals surface area contributed by atoms with Crippen LogP contribution in [0.5, 0.6) is 5.75 Å². The molecule has 0 aliphatic rings. The monoisotopic (exact) mass is 314 g/mol. The molecule has 0 aliphatic heterocycles. The molecule has 4 heteroatoms. The zero-order valence-electron chi connectivity index (χ0n) is 9.01. The van der Waals surface area contributed by atoms with Crippen LogP contribution >= 0.6 is 27.5 Å². The Morgan fingerprint density at radius 1 is 1.18 bits per heavy atom. The van der Waals surface area contributed by atoms with Gasteiger partial charge in [-0.15, -0.1) is 0 Å². The van der Waals surface area contributed by atoms with Gasteiger partial charge in [0.2, 0.25) is 0 Å². The Morgan fingerprint density at radius 3 is 2.65 bits per heavy atom. The van der Waals surface area contributed by atoms with Crippen molar-refractivity contribution in [3.8, 4) is 16.9 Å². The van der Waals surface area contributed by atoms with Crippen LogP contribution in [0.1, 0.15) is 0 Å². The summed E-state index contributed by atoms with van der Waals surface area (Å²) < 4.78 is 19.6. The number of rotatable bonds is 2. The molecule has 0 saturated carbocycles. The van der Waals surface area contributed by atoms with Crippen molar-refractivity contribution >= 4 is 27.5 Å². The van der Waals surface area contributed by atoms with Gasteiger partial charge in [-0.25, -0.2) is 4.39 Å². The second kappa shape index (κ2) is 5.07. The number of ether oxygens (including phenoxy) is 1. The Bertz CT molecular complexity index is 557. The highest BCUT2D eigenvalue weighted by Crippen LogP contribution is 2.35. The summed E-state index contributed by atoms with van der Waals surface area (Å²) in [4.78, 5) is 0. The molecule has 0 saturated heterocycles. The van der Waals surface area contributed by atoms with Crippen molar-refractivity contribution in [3.63, 3.8) is 0 Å². The van der Waals surface area contributed by atoms with E-state index in [1.807, 2.05) is 0 Å². The lowest BCUT2D eigenvalue weighted by atomic mass is 10.0. The van der Waals surface area contributed by atoms with Crippen molar-refractivity contribution in [2.24, 2.45) is 0 Å². The molecular formula is C13H9BrClFO. The van der Waals surface area contributed by atoms with Gasteiger partial charge < -0.3 is 4.74 Å². The molecule has 0 spiro atoms. The summed E-state index contributed by atoms with van der Waals surface area (Å²) in [5, 5.41) is 0.556. The van der Waals surface area contributed by atoms with Crippen LogP contribution in [0, 0.1) is 5.82 Å². The third-order valence-electron chi connectivity index (χ3n) is 2.41. The van der Waals surface area contributed by atoms with Gasteiger partial charge in [0.05, 0.1) is 11.6 Å². The molecular weight excluding hydrogens is 306 g/mol. The van der Waals surface area contributed by atoms with Crippen LogP contribution < -0.4 is 4.74 Å². The highest BCUT2D eigenvalue weighted by molar-refractivity contribution is 9.10. The molecule has 0 bridgehead atoms. The molecule has 2 aromatic carbocycles. The first-order valence-corrected chi connectivity index (χ1v) is 6.08. The van der Waals surface area contributed by atoms with E-state index >= 15 is 0 Å². The normalized spacial score (nSPS) is 10.4. The Labute approximate surface area is 112 Å². The molecule has 0 amide bonds. The number of halogens is 3. The summed E-state index contributed by atoms with van der Waals surface area (Å²) in [5.74, 6) is 0.239. The minimum Gasteiger partial charge on any atom is -0.496 e. The molecule has 0 aliphatic carbocycles. The Morgan fingerprint density at radius 2 is 1.94 bits per heavy atom. The maximum Gasteiger partial charge on any atom is 0.145 e. The molecule has 0 atom stereocenters. The van der Waals surface area contributed by atoms with E-state index < -0.39 is 0 Å². The Balaban J connectivity index is 2.64. The molecule has 0 radical (unpaired) electrons. The molecule has 0 heterocycles. The third-order valence-corrected chi connectivity index (χ3v) is 3.25. The van der Waals surface area contributed by atoms with E-state index in [0.29, 0.717) is 26.4 Å². The zero-order valence-corrected chi connectivity index (χ0v) is 11.3. The smallest absolute Gasteiger partial charge is 0.145 e. The van der Waals surface area contributed by atoms with Gasteiger partial charge in [0, 0.05) is 16.1 Å². The summed E-state index contributed by atoms with van der Waals surface area (Å²) in [5.41, 5.74) is 1.16. The van der Waals surface area contributed by atoms with Gasteiger partial charge in [-0.1, -0.05) is 23.7 Å². The summed E-state index contributed by atoms with van der Waals surface area (Å²) in [7, 11) is 1.53. The predicted octanol–water partition coefficient (Wildman–Crippen LogP) is 4.92. The van der Waals surface area contributed by atoms with Crippen molar-refractivity contribution in [2.75, 3.05) is 7.11 Å². The summed E-state index contributed by atoms with van der Waals surface area (Å²) in [6, 6.07) is 10.2. The van der Waals surface area contributed by atoms with Crippen LogP contribution in [-0.4, -0.2) is 7.11 Å². The van der Waals surface area contributed by atoms with Crippen LogP contribution in [0.15, 0.2) is 40.9 Å². The standard InChI is InChI=1S/C13H9BrClFO/c1-17-12-7-8(15)5-6-9(12)10-3-2-4-11(14)13(10)16/h2-7H,1H3. The van der Waals surface area contributed by atoms with E-state index in [0.717, 1.165) is 0 Å². The molecule has 1 nitrogen and oxygen atoms in total. The number of hydrogen-bond donors (Lipinski definition) is 0. The molecule has 0 aromatic heterocycles. The average molecular weight is 316 g/mol. The predicted molar refractivity (Wildman–Crippen MR) is 71.1 cm³/mol. The maximum atomic E-state index is 14.0. The largest absolute Gasteiger partial charge is 0.496 e. The fourth-order valence-electron chi connectivity index (χ4n) is 1.60. The van der Waals surface area contributed by atoms with E-state index in [4.69, 9.17) is 16.3 Å². The first-order chi connectivity index (χ1) is 8.13. The molecule has 0 N–H and O–H groups in total. The Hall–Kier alpha value is -1.06. The van der Waals surface area contributed by atoms with E-state index in [9.17, 15) is 4.39 Å². The molecule has 0 fully saturated rings. The second-order valence-corrected chi connectivity index (χ2v) is 4.74. The van der Waals surface area contributed by atoms with Gasteiger partial charge >= 0.3 is 0 Å². The number of benzene rings is 2. The quantitative estimate of drug-likeness (QED) is 0.764.